The van der Waals surface area contributed by atoms with Gasteiger partial charge in [-0.05, 0) is 49.2 Å². The summed E-state index contributed by atoms with van der Waals surface area (Å²) in [5.41, 5.74) is 2.34. The molecule has 0 aliphatic carbocycles. The Morgan fingerprint density at radius 2 is 1.68 bits per heavy atom. The zero-order valence-electron chi connectivity index (χ0n) is 17.6. The van der Waals surface area contributed by atoms with Crippen molar-refractivity contribution in [2.24, 2.45) is 4.99 Å². The Morgan fingerprint density at radius 3 is 2.32 bits per heavy atom. The molecule has 0 aliphatic heterocycles. The van der Waals surface area contributed by atoms with Crippen LogP contribution in [-0.2, 0) is 13.1 Å². The van der Waals surface area contributed by atoms with Crippen LogP contribution in [0.3, 0.4) is 0 Å². The minimum atomic E-state index is -4.36. The molecule has 2 aromatic carbocycles. The van der Waals surface area contributed by atoms with E-state index in [0.717, 1.165) is 11.1 Å². The van der Waals surface area contributed by atoms with Gasteiger partial charge in [0.05, 0.1) is 6.54 Å². The van der Waals surface area contributed by atoms with Crippen molar-refractivity contribution in [3.05, 3.63) is 65.2 Å². The van der Waals surface area contributed by atoms with Crippen molar-refractivity contribution >= 4 is 11.9 Å². The minimum Gasteiger partial charge on any atom is -0.484 e. The predicted molar refractivity (Wildman–Crippen MR) is 114 cm³/mol. The molecule has 3 N–H and O–H groups in total. The molecule has 2 rings (SSSR count). The van der Waals surface area contributed by atoms with Crippen molar-refractivity contribution in [3.8, 4) is 5.75 Å². The van der Waals surface area contributed by atoms with E-state index in [1.807, 2.05) is 26.0 Å². The Kier molecular flexibility index (Phi) is 9.17. The number of amides is 1. The Labute approximate surface area is 179 Å². The normalized spacial score (nSPS) is 11.7. The third-order valence-electron chi connectivity index (χ3n) is 4.08. The van der Waals surface area contributed by atoms with Gasteiger partial charge >= 0.3 is 6.18 Å². The lowest BCUT2D eigenvalue weighted by atomic mass is 10.1. The highest BCUT2D eigenvalue weighted by atomic mass is 19.4. The number of carbonyl (C=O) groups excluding carboxylic acids is 1. The average Bonchev–Trinajstić information content (AvgIpc) is 2.75. The van der Waals surface area contributed by atoms with Crippen molar-refractivity contribution in [1.82, 2.24) is 16.0 Å². The second kappa shape index (κ2) is 11.8. The molecular formula is C22H27F3N4O2. The minimum absolute atomic E-state index is 0.124. The standard InChI is InChI=1S/C22H27F3N4O2/c1-3-26-20(30)18-7-5-6-17(12-18)14-29-21(27-4-2)28-13-16-8-10-19(11-9-16)31-15-22(23,24)25/h5-12H,3-4,13-15H2,1-2H3,(H,26,30)(H2,27,28,29). The topological polar surface area (TPSA) is 74.8 Å². The van der Waals surface area contributed by atoms with E-state index in [1.165, 1.54) is 12.1 Å². The molecule has 0 radical (unpaired) electrons. The van der Waals surface area contributed by atoms with E-state index in [-0.39, 0.29) is 11.7 Å². The number of alkyl halides is 3. The molecule has 0 saturated heterocycles. The van der Waals surface area contributed by atoms with Crippen molar-refractivity contribution in [2.75, 3.05) is 19.7 Å². The molecule has 0 aliphatic rings. The Bertz CT molecular complexity index is 868. The van der Waals surface area contributed by atoms with Crippen LogP contribution in [0.4, 0.5) is 13.2 Å². The molecular weight excluding hydrogens is 409 g/mol. The summed E-state index contributed by atoms with van der Waals surface area (Å²) in [7, 11) is 0. The molecule has 0 atom stereocenters. The number of carbonyl (C=O) groups is 1. The fraction of sp³-hybridized carbons (Fsp3) is 0.364. The van der Waals surface area contributed by atoms with Gasteiger partial charge in [-0.3, -0.25) is 4.79 Å². The Morgan fingerprint density at radius 1 is 0.968 bits per heavy atom. The zero-order valence-corrected chi connectivity index (χ0v) is 17.6. The fourth-order valence-corrected chi connectivity index (χ4v) is 2.64. The molecule has 0 heterocycles. The zero-order chi connectivity index (χ0) is 22.7. The van der Waals surface area contributed by atoms with Crippen LogP contribution in [0.25, 0.3) is 0 Å². The highest BCUT2D eigenvalue weighted by molar-refractivity contribution is 5.94. The number of aliphatic imine (C=N–C) groups is 1. The van der Waals surface area contributed by atoms with E-state index >= 15 is 0 Å². The number of guanidine groups is 1. The molecule has 0 spiro atoms. The molecule has 0 unspecified atom stereocenters. The molecule has 0 bridgehead atoms. The number of nitrogens with one attached hydrogen (secondary N) is 3. The second-order valence-electron chi connectivity index (χ2n) is 6.66. The van der Waals surface area contributed by atoms with E-state index in [9.17, 15) is 18.0 Å². The van der Waals surface area contributed by atoms with Crippen molar-refractivity contribution < 1.29 is 22.7 Å². The summed E-state index contributed by atoms with van der Waals surface area (Å²) in [4.78, 5) is 16.5. The van der Waals surface area contributed by atoms with Crippen LogP contribution >= 0.6 is 0 Å². The monoisotopic (exact) mass is 436 g/mol. The van der Waals surface area contributed by atoms with Crippen molar-refractivity contribution in [2.45, 2.75) is 33.1 Å². The largest absolute Gasteiger partial charge is 0.484 e. The van der Waals surface area contributed by atoms with Gasteiger partial charge in [-0.15, -0.1) is 0 Å². The van der Waals surface area contributed by atoms with Crippen LogP contribution in [0.5, 0.6) is 5.75 Å². The molecule has 0 aromatic heterocycles. The van der Waals surface area contributed by atoms with Gasteiger partial charge in [0.2, 0.25) is 0 Å². The van der Waals surface area contributed by atoms with Crippen LogP contribution in [0.15, 0.2) is 53.5 Å². The predicted octanol–water partition coefficient (Wildman–Crippen LogP) is 3.63. The summed E-state index contributed by atoms with van der Waals surface area (Å²) in [5, 5.41) is 9.09. The molecule has 31 heavy (non-hydrogen) atoms. The lowest BCUT2D eigenvalue weighted by Crippen LogP contribution is -2.36. The third kappa shape index (κ3) is 8.98. The summed E-state index contributed by atoms with van der Waals surface area (Å²) in [6, 6.07) is 13.7. The Hall–Kier alpha value is -3.23. The summed E-state index contributed by atoms with van der Waals surface area (Å²) in [6.45, 7) is 4.53. The van der Waals surface area contributed by atoms with Crippen LogP contribution in [-0.4, -0.2) is 37.7 Å². The summed E-state index contributed by atoms with van der Waals surface area (Å²) in [5.74, 6) is 0.623. The summed E-state index contributed by atoms with van der Waals surface area (Å²) in [6.07, 6.45) is -4.36. The number of nitrogens with zero attached hydrogens (tertiary/aromatic N) is 1. The quantitative estimate of drug-likeness (QED) is 0.415. The van der Waals surface area contributed by atoms with Gasteiger partial charge in [0.15, 0.2) is 12.6 Å². The SMILES string of the molecule is CCNC(=O)c1cccc(CN=C(NCC)NCc2ccc(OCC(F)(F)F)cc2)c1. The van der Waals surface area contributed by atoms with Gasteiger partial charge in [-0.1, -0.05) is 24.3 Å². The summed E-state index contributed by atoms with van der Waals surface area (Å²) < 4.78 is 41.4. The van der Waals surface area contributed by atoms with Crippen molar-refractivity contribution in [1.29, 1.82) is 0 Å². The number of ether oxygens (including phenoxy) is 1. The number of hydrogen-bond acceptors (Lipinski definition) is 3. The van der Waals surface area contributed by atoms with E-state index in [4.69, 9.17) is 4.74 Å². The van der Waals surface area contributed by atoms with Gasteiger partial charge < -0.3 is 20.7 Å². The van der Waals surface area contributed by atoms with Crippen LogP contribution in [0.2, 0.25) is 0 Å². The van der Waals surface area contributed by atoms with Gasteiger partial charge in [0.1, 0.15) is 5.75 Å². The van der Waals surface area contributed by atoms with Gasteiger partial charge in [-0.2, -0.15) is 13.2 Å². The van der Waals surface area contributed by atoms with Gasteiger partial charge in [0, 0.05) is 25.2 Å². The first-order chi connectivity index (χ1) is 14.8. The van der Waals surface area contributed by atoms with E-state index < -0.39 is 12.8 Å². The Balaban J connectivity index is 1.94. The molecule has 2 aromatic rings. The first-order valence-electron chi connectivity index (χ1n) is 9.98. The lowest BCUT2D eigenvalue weighted by molar-refractivity contribution is -0.153. The maximum absolute atomic E-state index is 12.2. The number of halogens is 3. The van der Waals surface area contributed by atoms with Gasteiger partial charge in [0.25, 0.3) is 5.91 Å². The number of benzene rings is 2. The van der Waals surface area contributed by atoms with Crippen LogP contribution in [0.1, 0.15) is 35.3 Å². The first-order valence-corrected chi connectivity index (χ1v) is 9.98. The second-order valence-corrected chi connectivity index (χ2v) is 6.66. The molecule has 0 fully saturated rings. The molecule has 6 nitrogen and oxygen atoms in total. The maximum atomic E-state index is 12.2. The van der Waals surface area contributed by atoms with Crippen LogP contribution in [0, 0.1) is 0 Å². The average molecular weight is 436 g/mol. The lowest BCUT2D eigenvalue weighted by Gasteiger charge is -2.13. The summed E-state index contributed by atoms with van der Waals surface area (Å²) >= 11 is 0. The highest BCUT2D eigenvalue weighted by Crippen LogP contribution is 2.18. The number of rotatable bonds is 9. The van der Waals surface area contributed by atoms with E-state index in [0.29, 0.717) is 37.7 Å². The first kappa shape index (κ1) is 24.0. The van der Waals surface area contributed by atoms with E-state index in [1.54, 1.807) is 24.3 Å². The molecule has 1 amide bonds. The van der Waals surface area contributed by atoms with E-state index in [2.05, 4.69) is 20.9 Å². The number of hydrogen-bond donors (Lipinski definition) is 3. The van der Waals surface area contributed by atoms with Gasteiger partial charge in [-0.25, -0.2) is 4.99 Å². The molecule has 168 valence electrons. The molecule has 9 heteroatoms. The third-order valence-corrected chi connectivity index (χ3v) is 4.08. The highest BCUT2D eigenvalue weighted by Gasteiger charge is 2.28. The fourth-order valence-electron chi connectivity index (χ4n) is 2.64. The molecule has 0 saturated carbocycles. The smallest absolute Gasteiger partial charge is 0.422 e. The van der Waals surface area contributed by atoms with Crippen molar-refractivity contribution in [3.63, 3.8) is 0 Å². The van der Waals surface area contributed by atoms with Crippen LogP contribution < -0.4 is 20.7 Å². The maximum Gasteiger partial charge on any atom is 0.422 e.